The van der Waals surface area contributed by atoms with E-state index < -0.39 is 5.09 Å². The molecule has 0 amide bonds. The summed E-state index contributed by atoms with van der Waals surface area (Å²) in [6.07, 6.45) is 0.982. The Balaban J connectivity index is 0. The van der Waals surface area contributed by atoms with Gasteiger partial charge in [0.15, 0.2) is 5.96 Å². The largest absolute Gasteiger partial charge is 0.370 e. The van der Waals surface area contributed by atoms with Gasteiger partial charge >= 0.3 is 0 Å². The summed E-state index contributed by atoms with van der Waals surface area (Å²) in [4.78, 5) is 13.8. The Morgan fingerprint density at radius 2 is 2.00 bits per heavy atom. The number of aliphatic imine (C=N–C) groups is 1. The zero-order valence-corrected chi connectivity index (χ0v) is 9.38. The van der Waals surface area contributed by atoms with Gasteiger partial charge < -0.3 is 21.6 Å². The molecule has 0 unspecified atom stereocenters. The molecule has 0 saturated heterocycles. The lowest BCUT2D eigenvalue weighted by Gasteiger charge is -2.19. The minimum absolute atomic E-state index is 0.0606. The maximum absolute atomic E-state index is 8.36. The summed E-state index contributed by atoms with van der Waals surface area (Å²) in [7, 11) is 0. The molecule has 0 atom stereocenters. The highest BCUT2D eigenvalue weighted by atomic mass is 16.9. The molecular formula is C7H18N6O3. The monoisotopic (exact) mass is 234 g/mol. The topological polar surface area (TPSA) is 155 Å². The minimum Gasteiger partial charge on any atom is -0.370 e. The van der Waals surface area contributed by atoms with Crippen LogP contribution >= 0.6 is 0 Å². The molecule has 0 rings (SSSR count). The molecule has 0 aromatic heterocycles. The van der Waals surface area contributed by atoms with Crippen molar-refractivity contribution in [2.24, 2.45) is 16.5 Å². The van der Waals surface area contributed by atoms with Crippen LogP contribution in [0.5, 0.6) is 0 Å². The quantitative estimate of drug-likeness (QED) is 0.225. The van der Waals surface area contributed by atoms with Crippen LogP contribution in [-0.4, -0.2) is 40.2 Å². The number of hydrogen-bond donors (Lipinski definition) is 4. The maximum atomic E-state index is 8.36. The van der Waals surface area contributed by atoms with Crippen molar-refractivity contribution in [3.8, 4) is 0 Å². The second-order valence-corrected chi connectivity index (χ2v) is 2.68. The number of hydrogen-bond acceptors (Lipinski definition) is 3. The minimum atomic E-state index is -1.50. The van der Waals surface area contributed by atoms with Crippen molar-refractivity contribution in [3.63, 3.8) is 0 Å². The fraction of sp³-hybridized carbons (Fsp3) is 0.714. The van der Waals surface area contributed by atoms with Crippen LogP contribution in [0.15, 0.2) is 4.99 Å². The standard InChI is InChI=1S/C7H17N5.HNO3/c1-3-5-12(4-2)7(10)11-6(8)9;2-1(3)4/h3-5H2,1-2H3,(H5,8,9,10,11);(H,2,3,4). The smallest absolute Gasteiger partial charge is 0.291 e. The van der Waals surface area contributed by atoms with Gasteiger partial charge in [-0.05, 0) is 13.3 Å². The van der Waals surface area contributed by atoms with Crippen LogP contribution in [0.3, 0.4) is 0 Å². The van der Waals surface area contributed by atoms with E-state index in [2.05, 4.69) is 4.99 Å². The van der Waals surface area contributed by atoms with Gasteiger partial charge in [-0.15, -0.1) is 10.1 Å². The van der Waals surface area contributed by atoms with Crippen molar-refractivity contribution in [3.05, 3.63) is 10.1 Å². The summed E-state index contributed by atoms with van der Waals surface area (Å²) in [6, 6.07) is 0. The molecule has 0 bridgehead atoms. The Kier molecular flexibility index (Phi) is 9.71. The van der Waals surface area contributed by atoms with E-state index in [1.165, 1.54) is 0 Å². The predicted molar refractivity (Wildman–Crippen MR) is 59.9 cm³/mol. The number of rotatable bonds is 3. The molecule has 9 nitrogen and oxygen atoms in total. The summed E-state index contributed by atoms with van der Waals surface area (Å²) < 4.78 is 0. The van der Waals surface area contributed by atoms with Gasteiger partial charge in [0.1, 0.15) is 0 Å². The van der Waals surface area contributed by atoms with Gasteiger partial charge in [-0.2, -0.15) is 4.99 Å². The van der Waals surface area contributed by atoms with Crippen LogP contribution in [0.4, 0.5) is 0 Å². The second kappa shape index (κ2) is 9.49. The Labute approximate surface area is 93.4 Å². The average Bonchev–Trinajstić information content (AvgIpc) is 2.11. The first-order valence-corrected chi connectivity index (χ1v) is 4.61. The van der Waals surface area contributed by atoms with Gasteiger partial charge in [-0.3, -0.25) is 5.41 Å². The van der Waals surface area contributed by atoms with Crippen LogP contribution in [0.1, 0.15) is 20.3 Å². The van der Waals surface area contributed by atoms with Gasteiger partial charge in [0.05, 0.1) is 0 Å². The first kappa shape index (κ1) is 16.4. The molecule has 0 aromatic rings. The molecule has 0 aliphatic carbocycles. The highest BCUT2D eigenvalue weighted by Crippen LogP contribution is 1.92. The fourth-order valence-corrected chi connectivity index (χ4v) is 0.877. The zero-order valence-electron chi connectivity index (χ0n) is 9.38. The highest BCUT2D eigenvalue weighted by Gasteiger charge is 2.04. The van der Waals surface area contributed by atoms with Gasteiger partial charge in [-0.25, -0.2) is 0 Å². The van der Waals surface area contributed by atoms with Crippen LogP contribution < -0.4 is 11.5 Å². The average molecular weight is 234 g/mol. The number of guanidine groups is 2. The molecule has 0 radical (unpaired) electrons. The van der Waals surface area contributed by atoms with Gasteiger partial charge in [-0.1, -0.05) is 6.92 Å². The lowest BCUT2D eigenvalue weighted by Crippen LogP contribution is -2.33. The molecule has 0 aromatic carbocycles. The Morgan fingerprint density at radius 1 is 1.56 bits per heavy atom. The van der Waals surface area contributed by atoms with E-state index in [-0.39, 0.29) is 11.9 Å². The van der Waals surface area contributed by atoms with Crippen LogP contribution in [0.2, 0.25) is 0 Å². The third-order valence-corrected chi connectivity index (χ3v) is 1.41. The lowest BCUT2D eigenvalue weighted by molar-refractivity contribution is -0.742. The van der Waals surface area contributed by atoms with Crippen LogP contribution in [-0.2, 0) is 0 Å². The van der Waals surface area contributed by atoms with E-state index >= 15 is 0 Å². The van der Waals surface area contributed by atoms with E-state index in [1.54, 1.807) is 4.90 Å². The Hall–Kier alpha value is -2.06. The molecule has 0 heterocycles. The molecule has 6 N–H and O–H groups in total. The molecule has 0 fully saturated rings. The Morgan fingerprint density at radius 3 is 2.25 bits per heavy atom. The number of nitrogens with zero attached hydrogens (tertiary/aromatic N) is 3. The molecule has 0 saturated carbocycles. The molecular weight excluding hydrogens is 216 g/mol. The first-order valence-electron chi connectivity index (χ1n) is 4.61. The summed E-state index contributed by atoms with van der Waals surface area (Å²) in [5.74, 6) is 0.0777. The zero-order chi connectivity index (χ0) is 13.1. The summed E-state index contributed by atoms with van der Waals surface area (Å²) >= 11 is 0. The SMILES string of the molecule is CCCN(CC)C(=N)N=C(N)N.O=[N+]([O-])O. The normalized spacial score (nSPS) is 8.38. The fourth-order valence-electron chi connectivity index (χ4n) is 0.877. The summed E-state index contributed by atoms with van der Waals surface area (Å²) in [6.45, 7) is 5.58. The van der Waals surface area contributed by atoms with Gasteiger partial charge in [0.25, 0.3) is 5.09 Å². The molecule has 16 heavy (non-hydrogen) atoms. The third kappa shape index (κ3) is 11.9. The highest BCUT2D eigenvalue weighted by molar-refractivity contribution is 5.91. The van der Waals surface area contributed by atoms with Crippen molar-refractivity contribution in [2.45, 2.75) is 20.3 Å². The third-order valence-electron chi connectivity index (χ3n) is 1.41. The predicted octanol–water partition coefficient (Wildman–Crippen LogP) is -0.421. The number of nitrogens with two attached hydrogens (primary N) is 2. The van der Waals surface area contributed by atoms with Crippen molar-refractivity contribution < 1.29 is 10.3 Å². The molecule has 0 spiro atoms. The molecule has 0 aliphatic rings. The Bertz CT molecular complexity index is 247. The van der Waals surface area contributed by atoms with E-state index in [0.29, 0.717) is 0 Å². The van der Waals surface area contributed by atoms with Crippen LogP contribution in [0.25, 0.3) is 0 Å². The van der Waals surface area contributed by atoms with E-state index in [9.17, 15) is 0 Å². The van der Waals surface area contributed by atoms with E-state index in [1.807, 2.05) is 13.8 Å². The molecule has 94 valence electrons. The lowest BCUT2D eigenvalue weighted by atomic mass is 10.4. The summed E-state index contributed by atoms with van der Waals surface area (Å²) in [5, 5.41) is 21.1. The molecule has 0 aliphatic heterocycles. The van der Waals surface area contributed by atoms with Crippen molar-refractivity contribution >= 4 is 11.9 Å². The van der Waals surface area contributed by atoms with Crippen molar-refractivity contribution in [1.29, 1.82) is 5.41 Å². The first-order chi connectivity index (χ1) is 7.34. The molecule has 9 heteroatoms. The maximum Gasteiger partial charge on any atom is 0.291 e. The van der Waals surface area contributed by atoms with E-state index in [4.69, 9.17) is 32.2 Å². The van der Waals surface area contributed by atoms with Gasteiger partial charge in [0, 0.05) is 13.1 Å². The second-order valence-electron chi connectivity index (χ2n) is 2.68. The van der Waals surface area contributed by atoms with Crippen molar-refractivity contribution in [2.75, 3.05) is 13.1 Å². The van der Waals surface area contributed by atoms with Crippen LogP contribution in [0, 0.1) is 15.5 Å². The van der Waals surface area contributed by atoms with E-state index in [0.717, 1.165) is 19.5 Å². The summed E-state index contributed by atoms with van der Waals surface area (Å²) in [5.41, 5.74) is 10.3. The van der Waals surface area contributed by atoms with Crippen molar-refractivity contribution in [1.82, 2.24) is 4.90 Å². The van der Waals surface area contributed by atoms with Gasteiger partial charge in [0.2, 0.25) is 5.96 Å². The number of nitrogens with one attached hydrogen (secondary N) is 1.